The predicted octanol–water partition coefficient (Wildman–Crippen LogP) is 4.60. The number of nitrogens with zero attached hydrogens (tertiary/aromatic N) is 2. The molecule has 1 saturated heterocycles. The maximum absolute atomic E-state index is 6.00. The third-order valence-corrected chi connectivity index (χ3v) is 4.69. The highest BCUT2D eigenvalue weighted by molar-refractivity contribution is 6.17. The molecule has 1 aromatic heterocycles. The number of hydrogen-bond acceptors (Lipinski definition) is 2. The molecule has 3 rings (SSSR count). The molecular formula is C17H21ClN2. The molecule has 0 spiro atoms. The Balaban J connectivity index is 1.98. The van der Waals surface area contributed by atoms with Crippen molar-refractivity contribution >= 4 is 28.2 Å². The molecule has 0 aliphatic carbocycles. The van der Waals surface area contributed by atoms with Gasteiger partial charge in [-0.1, -0.05) is 31.5 Å². The van der Waals surface area contributed by atoms with Crippen LogP contribution in [0.5, 0.6) is 0 Å². The molecule has 0 amide bonds. The number of para-hydroxylation sites is 1. The molecule has 0 bridgehead atoms. The standard InChI is InChI=1S/C17H21ClN2/c1-2-13-7-9-20(10-8-13)17-11-14(12-18)19-16-6-4-3-5-15(16)17/h3-6,11,13H,2,7-10,12H2,1H3. The predicted molar refractivity (Wildman–Crippen MR) is 86.5 cm³/mol. The SMILES string of the molecule is CCC1CCN(c2cc(CCl)nc3ccccc23)CC1. The number of hydrogen-bond donors (Lipinski definition) is 0. The van der Waals surface area contributed by atoms with E-state index in [1.165, 1.54) is 30.3 Å². The van der Waals surface area contributed by atoms with Gasteiger partial charge in [0, 0.05) is 24.2 Å². The Bertz CT molecular complexity index is 589. The fourth-order valence-electron chi connectivity index (χ4n) is 3.12. The van der Waals surface area contributed by atoms with Crippen LogP contribution in [0.2, 0.25) is 0 Å². The average Bonchev–Trinajstić information content (AvgIpc) is 2.54. The second-order valence-corrected chi connectivity index (χ2v) is 5.89. The molecule has 2 aromatic rings. The summed E-state index contributed by atoms with van der Waals surface area (Å²) in [4.78, 5) is 7.13. The van der Waals surface area contributed by atoms with Crippen LogP contribution in [0.3, 0.4) is 0 Å². The Morgan fingerprint density at radius 3 is 2.70 bits per heavy atom. The van der Waals surface area contributed by atoms with Gasteiger partial charge in [0.15, 0.2) is 0 Å². The lowest BCUT2D eigenvalue weighted by molar-refractivity contribution is 0.395. The molecule has 20 heavy (non-hydrogen) atoms. The smallest absolute Gasteiger partial charge is 0.0726 e. The summed E-state index contributed by atoms with van der Waals surface area (Å²) in [6.07, 6.45) is 3.89. The summed E-state index contributed by atoms with van der Waals surface area (Å²) in [5.74, 6) is 1.37. The van der Waals surface area contributed by atoms with Crippen molar-refractivity contribution in [3.8, 4) is 0 Å². The topological polar surface area (TPSA) is 16.1 Å². The molecule has 106 valence electrons. The van der Waals surface area contributed by atoms with Crippen molar-refractivity contribution in [3.63, 3.8) is 0 Å². The number of alkyl halides is 1. The number of pyridine rings is 1. The average molecular weight is 289 g/mol. The first kappa shape index (κ1) is 13.7. The summed E-state index contributed by atoms with van der Waals surface area (Å²) in [5, 5.41) is 1.25. The van der Waals surface area contributed by atoms with Crippen LogP contribution in [0.15, 0.2) is 30.3 Å². The Morgan fingerprint density at radius 2 is 2.00 bits per heavy atom. The summed E-state index contributed by atoms with van der Waals surface area (Å²) in [6.45, 7) is 4.59. The molecule has 1 aromatic carbocycles. The number of aromatic nitrogens is 1. The number of halogens is 1. The van der Waals surface area contributed by atoms with Crippen molar-refractivity contribution in [2.75, 3.05) is 18.0 Å². The summed E-state index contributed by atoms with van der Waals surface area (Å²) in [6, 6.07) is 10.5. The lowest BCUT2D eigenvalue weighted by Crippen LogP contribution is -2.33. The van der Waals surface area contributed by atoms with E-state index < -0.39 is 0 Å². The van der Waals surface area contributed by atoms with Crippen molar-refractivity contribution < 1.29 is 0 Å². The van der Waals surface area contributed by atoms with Gasteiger partial charge >= 0.3 is 0 Å². The first-order valence-electron chi connectivity index (χ1n) is 7.51. The Kier molecular flexibility index (Phi) is 4.11. The Morgan fingerprint density at radius 1 is 1.25 bits per heavy atom. The molecule has 2 heterocycles. The van der Waals surface area contributed by atoms with Crippen LogP contribution in [0.1, 0.15) is 31.9 Å². The van der Waals surface area contributed by atoms with Gasteiger partial charge in [0.05, 0.1) is 17.1 Å². The molecule has 1 aliphatic rings. The molecule has 0 atom stereocenters. The number of piperidine rings is 1. The minimum Gasteiger partial charge on any atom is -0.371 e. The Labute approximate surface area is 125 Å². The van der Waals surface area contributed by atoms with E-state index >= 15 is 0 Å². The fraction of sp³-hybridized carbons (Fsp3) is 0.471. The van der Waals surface area contributed by atoms with E-state index in [1.54, 1.807) is 0 Å². The minimum absolute atomic E-state index is 0.475. The highest BCUT2D eigenvalue weighted by atomic mass is 35.5. The second-order valence-electron chi connectivity index (χ2n) is 5.62. The zero-order valence-corrected chi connectivity index (χ0v) is 12.7. The molecule has 1 aliphatic heterocycles. The first-order valence-corrected chi connectivity index (χ1v) is 8.05. The largest absolute Gasteiger partial charge is 0.371 e. The van der Waals surface area contributed by atoms with E-state index in [0.29, 0.717) is 5.88 Å². The van der Waals surface area contributed by atoms with Crippen LogP contribution in [-0.4, -0.2) is 18.1 Å². The van der Waals surface area contributed by atoms with Crippen LogP contribution in [-0.2, 0) is 5.88 Å². The maximum Gasteiger partial charge on any atom is 0.0726 e. The zero-order chi connectivity index (χ0) is 13.9. The van der Waals surface area contributed by atoms with E-state index in [1.807, 2.05) is 6.07 Å². The first-order chi connectivity index (χ1) is 9.81. The van der Waals surface area contributed by atoms with Crippen molar-refractivity contribution in [2.45, 2.75) is 32.1 Å². The van der Waals surface area contributed by atoms with Crippen LogP contribution < -0.4 is 4.90 Å². The number of fused-ring (bicyclic) bond motifs is 1. The van der Waals surface area contributed by atoms with Gasteiger partial charge in [-0.15, -0.1) is 11.6 Å². The maximum atomic E-state index is 6.00. The Hall–Kier alpha value is -1.28. The normalized spacial score (nSPS) is 16.8. The van der Waals surface area contributed by atoms with Gasteiger partial charge < -0.3 is 4.90 Å². The quantitative estimate of drug-likeness (QED) is 0.767. The lowest BCUT2D eigenvalue weighted by atomic mass is 9.94. The van der Waals surface area contributed by atoms with Gasteiger partial charge in [0.1, 0.15) is 0 Å². The van der Waals surface area contributed by atoms with Gasteiger partial charge in [0.25, 0.3) is 0 Å². The number of anilines is 1. The molecule has 0 unspecified atom stereocenters. The molecule has 0 saturated carbocycles. The van der Waals surface area contributed by atoms with Crippen LogP contribution in [0.4, 0.5) is 5.69 Å². The van der Waals surface area contributed by atoms with Crippen molar-refractivity contribution in [2.24, 2.45) is 5.92 Å². The fourth-order valence-corrected chi connectivity index (χ4v) is 3.26. The minimum atomic E-state index is 0.475. The molecule has 0 radical (unpaired) electrons. The highest BCUT2D eigenvalue weighted by Gasteiger charge is 2.20. The molecule has 1 fully saturated rings. The van der Waals surface area contributed by atoms with Crippen LogP contribution >= 0.6 is 11.6 Å². The van der Waals surface area contributed by atoms with Gasteiger partial charge in [-0.2, -0.15) is 0 Å². The van der Waals surface area contributed by atoms with E-state index in [4.69, 9.17) is 11.6 Å². The van der Waals surface area contributed by atoms with Crippen molar-refractivity contribution in [3.05, 3.63) is 36.0 Å². The van der Waals surface area contributed by atoms with E-state index in [0.717, 1.165) is 30.2 Å². The van der Waals surface area contributed by atoms with E-state index in [2.05, 4.69) is 41.1 Å². The van der Waals surface area contributed by atoms with Crippen molar-refractivity contribution in [1.82, 2.24) is 4.98 Å². The number of rotatable bonds is 3. The van der Waals surface area contributed by atoms with Gasteiger partial charge in [-0.3, -0.25) is 4.98 Å². The zero-order valence-electron chi connectivity index (χ0n) is 12.0. The van der Waals surface area contributed by atoms with Crippen LogP contribution in [0.25, 0.3) is 10.9 Å². The number of benzene rings is 1. The third-order valence-electron chi connectivity index (χ3n) is 4.42. The van der Waals surface area contributed by atoms with Gasteiger partial charge in [-0.25, -0.2) is 0 Å². The molecule has 3 heteroatoms. The lowest BCUT2D eigenvalue weighted by Gasteiger charge is -2.34. The highest BCUT2D eigenvalue weighted by Crippen LogP contribution is 2.31. The van der Waals surface area contributed by atoms with E-state index in [9.17, 15) is 0 Å². The van der Waals surface area contributed by atoms with Crippen molar-refractivity contribution in [1.29, 1.82) is 0 Å². The third kappa shape index (κ3) is 2.62. The van der Waals surface area contributed by atoms with Crippen LogP contribution in [0, 0.1) is 5.92 Å². The summed E-state index contributed by atoms with van der Waals surface area (Å²) in [7, 11) is 0. The summed E-state index contributed by atoms with van der Waals surface area (Å²) < 4.78 is 0. The van der Waals surface area contributed by atoms with E-state index in [-0.39, 0.29) is 0 Å². The summed E-state index contributed by atoms with van der Waals surface area (Å²) >= 11 is 6.00. The molecular weight excluding hydrogens is 268 g/mol. The summed E-state index contributed by atoms with van der Waals surface area (Å²) in [5.41, 5.74) is 3.33. The monoisotopic (exact) mass is 288 g/mol. The van der Waals surface area contributed by atoms with Gasteiger partial charge in [-0.05, 0) is 30.9 Å². The van der Waals surface area contributed by atoms with Gasteiger partial charge in [0.2, 0.25) is 0 Å². The molecule has 0 N–H and O–H groups in total. The second kappa shape index (κ2) is 6.01. The molecule has 2 nitrogen and oxygen atoms in total.